The van der Waals surface area contributed by atoms with Crippen LogP contribution in [0.3, 0.4) is 0 Å². The molecule has 0 bridgehead atoms. The van der Waals surface area contributed by atoms with Crippen molar-refractivity contribution in [3.63, 3.8) is 0 Å². The Balaban J connectivity index is 2.07. The fraction of sp³-hybridized carbons (Fsp3) is 0.292. The molecule has 0 aromatic heterocycles. The monoisotopic (exact) mass is 437 g/mol. The van der Waals surface area contributed by atoms with E-state index in [1.165, 1.54) is 0 Å². The van der Waals surface area contributed by atoms with E-state index in [4.69, 9.17) is 25.3 Å². The van der Waals surface area contributed by atoms with Crippen molar-refractivity contribution in [3.05, 3.63) is 65.7 Å². The summed E-state index contributed by atoms with van der Waals surface area (Å²) in [6, 6.07) is 14.2. The zero-order valence-corrected chi connectivity index (χ0v) is 18.2. The second kappa shape index (κ2) is 12.1. The molecule has 0 aliphatic rings. The number of benzene rings is 2. The summed E-state index contributed by atoms with van der Waals surface area (Å²) in [6.07, 6.45) is 1.30. The molecule has 0 unspecified atom stereocenters. The van der Waals surface area contributed by atoms with Gasteiger partial charge in [-0.2, -0.15) is 11.2 Å². The first-order chi connectivity index (χ1) is 15.3. The van der Waals surface area contributed by atoms with E-state index < -0.39 is 5.97 Å². The largest absolute Gasteiger partial charge is 0.494 e. The Morgan fingerprint density at radius 3 is 2.47 bits per heavy atom. The molecule has 0 saturated heterocycles. The second-order valence-corrected chi connectivity index (χ2v) is 7.19. The smallest absolute Gasteiger partial charge is 0.303 e. The van der Waals surface area contributed by atoms with Crippen molar-refractivity contribution in [2.45, 2.75) is 39.2 Å². The summed E-state index contributed by atoms with van der Waals surface area (Å²) in [7, 11) is 0. The standard InChI is InChI=1S/C24H27N3O5/c1-16(2)31-22-12-9-19(14-20(22)15-25)24(32-26)27-17(3)18-7-10-21(11-8-18)30-13-5-4-6-23(28)29/h7-12,14,16H,3-6,13,26H2,1-2H3,(H,28,29). The lowest BCUT2D eigenvalue weighted by Crippen LogP contribution is -2.13. The lowest BCUT2D eigenvalue weighted by Gasteiger charge is -2.12. The van der Waals surface area contributed by atoms with Gasteiger partial charge in [-0.15, -0.1) is 0 Å². The predicted octanol–water partition coefficient (Wildman–Crippen LogP) is 4.29. The topological polar surface area (TPSA) is 127 Å². The highest BCUT2D eigenvalue weighted by atomic mass is 16.6. The van der Waals surface area contributed by atoms with Crippen LogP contribution in [-0.2, 0) is 9.63 Å². The number of nitrogens with zero attached hydrogens (tertiary/aromatic N) is 2. The third-order valence-corrected chi connectivity index (χ3v) is 4.30. The molecular weight excluding hydrogens is 410 g/mol. The van der Waals surface area contributed by atoms with E-state index in [2.05, 4.69) is 17.6 Å². The molecule has 168 valence electrons. The summed E-state index contributed by atoms with van der Waals surface area (Å²) in [5.41, 5.74) is 2.01. The summed E-state index contributed by atoms with van der Waals surface area (Å²) in [5, 5.41) is 18.1. The first-order valence-electron chi connectivity index (χ1n) is 10.1. The van der Waals surface area contributed by atoms with Gasteiger partial charge in [0.05, 0.1) is 24.0 Å². The molecule has 0 radical (unpaired) electrons. The van der Waals surface area contributed by atoms with Gasteiger partial charge in [0, 0.05) is 12.0 Å². The zero-order chi connectivity index (χ0) is 23.5. The van der Waals surface area contributed by atoms with Gasteiger partial charge < -0.3 is 19.4 Å². The number of unbranched alkanes of at least 4 members (excludes halogenated alkanes) is 1. The van der Waals surface area contributed by atoms with Crippen LogP contribution in [0.4, 0.5) is 0 Å². The number of rotatable bonds is 11. The van der Waals surface area contributed by atoms with Crippen LogP contribution in [0.25, 0.3) is 5.70 Å². The maximum absolute atomic E-state index is 10.5. The van der Waals surface area contributed by atoms with Crippen molar-refractivity contribution in [1.82, 2.24) is 0 Å². The number of carboxylic acid groups (broad SMARTS) is 1. The minimum Gasteiger partial charge on any atom is -0.494 e. The van der Waals surface area contributed by atoms with E-state index in [1.807, 2.05) is 13.8 Å². The van der Waals surface area contributed by atoms with E-state index >= 15 is 0 Å². The number of aliphatic imine (C=N–C) groups is 1. The first kappa shape index (κ1) is 24.4. The number of hydrogen-bond acceptors (Lipinski definition) is 7. The maximum atomic E-state index is 10.5. The molecule has 8 heteroatoms. The number of carbonyl (C=O) groups is 1. The molecule has 0 atom stereocenters. The second-order valence-electron chi connectivity index (χ2n) is 7.19. The average molecular weight is 437 g/mol. The lowest BCUT2D eigenvalue weighted by atomic mass is 10.1. The van der Waals surface area contributed by atoms with Gasteiger partial charge in [-0.3, -0.25) is 4.79 Å². The molecule has 2 aromatic carbocycles. The van der Waals surface area contributed by atoms with Crippen LogP contribution >= 0.6 is 0 Å². The minimum atomic E-state index is -0.807. The van der Waals surface area contributed by atoms with E-state index in [1.54, 1.807) is 42.5 Å². The fourth-order valence-corrected chi connectivity index (χ4v) is 2.77. The molecule has 8 nitrogen and oxygen atoms in total. The highest BCUT2D eigenvalue weighted by molar-refractivity contribution is 5.97. The quantitative estimate of drug-likeness (QED) is 0.232. The molecule has 0 amide bonds. The highest BCUT2D eigenvalue weighted by Gasteiger charge is 2.12. The number of nitriles is 1. The van der Waals surface area contributed by atoms with Gasteiger partial charge in [-0.1, -0.05) is 6.58 Å². The molecule has 2 aromatic rings. The summed E-state index contributed by atoms with van der Waals surface area (Å²) in [4.78, 5) is 19.8. The lowest BCUT2D eigenvalue weighted by molar-refractivity contribution is -0.137. The molecule has 3 N–H and O–H groups in total. The Hall–Kier alpha value is -3.83. The summed E-state index contributed by atoms with van der Waals surface area (Å²) in [5.74, 6) is 5.86. The number of hydrogen-bond donors (Lipinski definition) is 2. The predicted molar refractivity (Wildman–Crippen MR) is 121 cm³/mol. The third-order valence-electron chi connectivity index (χ3n) is 4.30. The van der Waals surface area contributed by atoms with Crippen molar-refractivity contribution in [1.29, 1.82) is 5.26 Å². The molecule has 0 spiro atoms. The van der Waals surface area contributed by atoms with Crippen LogP contribution in [-0.4, -0.2) is 29.7 Å². The SMILES string of the molecule is C=C(N=C(ON)c1ccc(OC(C)C)c(C#N)c1)c1ccc(OCCCCC(=O)O)cc1. The molecule has 0 saturated carbocycles. The van der Waals surface area contributed by atoms with E-state index in [9.17, 15) is 10.1 Å². The maximum Gasteiger partial charge on any atom is 0.303 e. The van der Waals surface area contributed by atoms with Gasteiger partial charge in [0.2, 0.25) is 5.90 Å². The number of ether oxygens (including phenoxy) is 2. The molecule has 0 aliphatic heterocycles. The Labute approximate surface area is 187 Å². The average Bonchev–Trinajstić information content (AvgIpc) is 2.77. The minimum absolute atomic E-state index is 0.0664. The molecule has 2 rings (SSSR count). The Bertz CT molecular complexity index is 1010. The normalized spacial score (nSPS) is 11.0. The summed E-state index contributed by atoms with van der Waals surface area (Å²) < 4.78 is 11.2. The van der Waals surface area contributed by atoms with Crippen molar-refractivity contribution < 1.29 is 24.2 Å². The van der Waals surface area contributed by atoms with E-state index in [-0.39, 0.29) is 18.4 Å². The highest BCUT2D eigenvalue weighted by Crippen LogP contribution is 2.23. The van der Waals surface area contributed by atoms with Crippen LogP contribution in [0.15, 0.2) is 54.0 Å². The summed E-state index contributed by atoms with van der Waals surface area (Å²) in [6.45, 7) is 8.16. The van der Waals surface area contributed by atoms with Gasteiger partial charge in [0.25, 0.3) is 0 Å². The number of aliphatic carboxylic acids is 1. The number of nitrogens with two attached hydrogens (primary N) is 1. The van der Waals surface area contributed by atoms with Crippen LogP contribution in [0.2, 0.25) is 0 Å². The summed E-state index contributed by atoms with van der Waals surface area (Å²) >= 11 is 0. The van der Waals surface area contributed by atoms with Gasteiger partial charge in [-0.05, 0) is 74.7 Å². The molecule has 0 heterocycles. The first-order valence-corrected chi connectivity index (χ1v) is 10.1. The van der Waals surface area contributed by atoms with Crippen molar-refractivity contribution in [2.75, 3.05) is 6.61 Å². The van der Waals surface area contributed by atoms with Crippen molar-refractivity contribution in [3.8, 4) is 17.6 Å². The van der Waals surface area contributed by atoms with Gasteiger partial charge in [-0.25, -0.2) is 4.99 Å². The molecule has 32 heavy (non-hydrogen) atoms. The van der Waals surface area contributed by atoms with Crippen molar-refractivity contribution >= 4 is 17.6 Å². The van der Waals surface area contributed by atoms with Crippen LogP contribution in [0.1, 0.15) is 49.8 Å². The van der Waals surface area contributed by atoms with E-state index in [0.29, 0.717) is 47.8 Å². The molecular formula is C24H27N3O5. The van der Waals surface area contributed by atoms with Gasteiger partial charge >= 0.3 is 5.97 Å². The Morgan fingerprint density at radius 2 is 1.88 bits per heavy atom. The van der Waals surface area contributed by atoms with Gasteiger partial charge in [0.15, 0.2) is 0 Å². The van der Waals surface area contributed by atoms with Crippen LogP contribution in [0.5, 0.6) is 11.5 Å². The fourth-order valence-electron chi connectivity index (χ4n) is 2.77. The Kier molecular flexibility index (Phi) is 9.26. The number of carboxylic acids is 1. The molecule has 0 fully saturated rings. The Morgan fingerprint density at radius 1 is 1.19 bits per heavy atom. The van der Waals surface area contributed by atoms with Crippen LogP contribution < -0.4 is 15.4 Å². The van der Waals surface area contributed by atoms with E-state index in [0.717, 1.165) is 5.56 Å². The van der Waals surface area contributed by atoms with Crippen molar-refractivity contribution in [2.24, 2.45) is 10.9 Å². The molecule has 0 aliphatic carbocycles. The van der Waals surface area contributed by atoms with Crippen LogP contribution in [0, 0.1) is 11.3 Å². The van der Waals surface area contributed by atoms with Gasteiger partial charge in [0.1, 0.15) is 17.6 Å². The zero-order valence-electron chi connectivity index (χ0n) is 18.2. The third kappa shape index (κ3) is 7.45.